The van der Waals surface area contributed by atoms with Crippen molar-refractivity contribution in [3.8, 4) is 0 Å². The third-order valence-electron chi connectivity index (χ3n) is 2.38. The Bertz CT molecular complexity index is 437. The highest BCUT2D eigenvalue weighted by molar-refractivity contribution is 5.83. The first-order chi connectivity index (χ1) is 10.3. The van der Waals surface area contributed by atoms with Gasteiger partial charge in [0.2, 0.25) is 0 Å². The van der Waals surface area contributed by atoms with E-state index >= 15 is 0 Å². The topological polar surface area (TPSA) is 179 Å². The summed E-state index contributed by atoms with van der Waals surface area (Å²) in [6.07, 6.45) is -2.66. The standard InChI is InChI=1S/C11H16N2O9/c14-5-22-7(2-4-9(17)18)13-11(21)12-6(10(19)20)1-3-8(15)16/h5-7H,1-4H2,(H,15,16)(H,17,18)(H,19,20)(H2,12,13,21)/t6-,7+/m0/s1. The number of carboxylic acids is 3. The van der Waals surface area contributed by atoms with Gasteiger partial charge in [-0.15, -0.1) is 0 Å². The molecule has 2 atom stereocenters. The number of carboxylic acid groups (broad SMARTS) is 3. The largest absolute Gasteiger partial charge is 0.481 e. The molecule has 0 rings (SSSR count). The Kier molecular flexibility index (Phi) is 8.67. The van der Waals surface area contributed by atoms with Crippen molar-refractivity contribution in [1.29, 1.82) is 0 Å². The Morgan fingerprint density at radius 3 is 1.95 bits per heavy atom. The third kappa shape index (κ3) is 9.12. The molecule has 124 valence electrons. The highest BCUT2D eigenvalue weighted by Gasteiger charge is 2.22. The van der Waals surface area contributed by atoms with Crippen molar-refractivity contribution in [2.24, 2.45) is 0 Å². The molecule has 0 radical (unpaired) electrons. The second kappa shape index (κ2) is 9.96. The second-order valence-corrected chi connectivity index (χ2v) is 4.09. The maximum Gasteiger partial charge on any atom is 0.326 e. The zero-order valence-electron chi connectivity index (χ0n) is 11.4. The van der Waals surface area contributed by atoms with Gasteiger partial charge in [0.25, 0.3) is 6.47 Å². The predicted molar refractivity (Wildman–Crippen MR) is 67.8 cm³/mol. The van der Waals surface area contributed by atoms with Crippen LogP contribution in [-0.4, -0.2) is 58.0 Å². The lowest BCUT2D eigenvalue weighted by molar-refractivity contribution is -0.141. The Morgan fingerprint density at radius 2 is 1.50 bits per heavy atom. The number of rotatable bonds is 11. The molecule has 0 spiro atoms. The van der Waals surface area contributed by atoms with Crippen LogP contribution in [0.5, 0.6) is 0 Å². The molecule has 0 aliphatic heterocycles. The highest BCUT2D eigenvalue weighted by Crippen LogP contribution is 2.01. The Hall–Kier alpha value is -2.85. The molecule has 11 heteroatoms. The minimum absolute atomic E-state index is 0.00586. The van der Waals surface area contributed by atoms with E-state index in [1.54, 1.807) is 0 Å². The van der Waals surface area contributed by atoms with Crippen molar-refractivity contribution in [2.45, 2.75) is 38.0 Å². The maximum absolute atomic E-state index is 11.6. The van der Waals surface area contributed by atoms with E-state index in [0.717, 1.165) is 0 Å². The van der Waals surface area contributed by atoms with Gasteiger partial charge >= 0.3 is 23.9 Å². The maximum atomic E-state index is 11.6. The van der Waals surface area contributed by atoms with Crippen LogP contribution >= 0.6 is 0 Å². The first kappa shape index (κ1) is 19.1. The minimum Gasteiger partial charge on any atom is -0.481 e. The molecular weight excluding hydrogens is 304 g/mol. The molecule has 0 aliphatic carbocycles. The van der Waals surface area contributed by atoms with Crippen molar-refractivity contribution in [3.63, 3.8) is 0 Å². The van der Waals surface area contributed by atoms with Crippen LogP contribution in [0.3, 0.4) is 0 Å². The molecule has 0 aliphatic rings. The van der Waals surface area contributed by atoms with Crippen LogP contribution in [0.2, 0.25) is 0 Å². The predicted octanol–water partition coefficient (Wildman–Crippen LogP) is -1.03. The first-order valence-electron chi connectivity index (χ1n) is 6.08. The summed E-state index contributed by atoms with van der Waals surface area (Å²) >= 11 is 0. The highest BCUT2D eigenvalue weighted by atomic mass is 16.5. The van der Waals surface area contributed by atoms with Crippen LogP contribution in [0, 0.1) is 0 Å². The second-order valence-electron chi connectivity index (χ2n) is 4.09. The van der Waals surface area contributed by atoms with E-state index in [1.807, 2.05) is 5.32 Å². The van der Waals surface area contributed by atoms with Crippen LogP contribution in [0.15, 0.2) is 0 Å². The summed E-state index contributed by atoms with van der Waals surface area (Å²) in [5, 5.41) is 29.9. The van der Waals surface area contributed by atoms with Gasteiger partial charge in [-0.2, -0.15) is 0 Å². The fourth-order valence-electron chi connectivity index (χ4n) is 1.37. The van der Waals surface area contributed by atoms with E-state index in [-0.39, 0.29) is 25.7 Å². The fourth-order valence-corrected chi connectivity index (χ4v) is 1.37. The number of ether oxygens (including phenoxy) is 1. The van der Waals surface area contributed by atoms with Crippen molar-refractivity contribution in [3.05, 3.63) is 0 Å². The zero-order valence-corrected chi connectivity index (χ0v) is 11.4. The molecule has 2 amide bonds. The minimum atomic E-state index is -1.45. The van der Waals surface area contributed by atoms with Crippen LogP contribution in [0.1, 0.15) is 25.7 Å². The lowest BCUT2D eigenvalue weighted by atomic mass is 10.1. The number of hydrogen-bond donors (Lipinski definition) is 5. The summed E-state index contributed by atoms with van der Waals surface area (Å²) in [4.78, 5) is 53.5. The van der Waals surface area contributed by atoms with E-state index in [9.17, 15) is 24.0 Å². The number of carbonyl (C=O) groups is 5. The third-order valence-corrected chi connectivity index (χ3v) is 2.38. The Labute approximate surface area is 124 Å². The Morgan fingerprint density at radius 1 is 0.955 bits per heavy atom. The average Bonchev–Trinajstić information content (AvgIpc) is 2.40. The molecule has 0 fully saturated rings. The number of carbonyl (C=O) groups excluding carboxylic acids is 2. The van der Waals surface area contributed by atoms with Gasteiger partial charge in [-0.3, -0.25) is 14.4 Å². The smallest absolute Gasteiger partial charge is 0.326 e. The lowest BCUT2D eigenvalue weighted by Crippen LogP contribution is -2.49. The number of aliphatic carboxylic acids is 3. The van der Waals surface area contributed by atoms with Gasteiger partial charge in [-0.05, 0) is 6.42 Å². The van der Waals surface area contributed by atoms with Gasteiger partial charge in [-0.25, -0.2) is 9.59 Å². The van der Waals surface area contributed by atoms with Gasteiger partial charge in [0.15, 0.2) is 6.23 Å². The summed E-state index contributed by atoms with van der Waals surface area (Å²) in [6.45, 7) is 0.00586. The van der Waals surface area contributed by atoms with Gasteiger partial charge in [-0.1, -0.05) is 0 Å². The molecule has 0 saturated heterocycles. The molecule has 22 heavy (non-hydrogen) atoms. The van der Waals surface area contributed by atoms with Crippen LogP contribution in [0.4, 0.5) is 4.79 Å². The Balaban J connectivity index is 4.49. The van der Waals surface area contributed by atoms with E-state index in [0.29, 0.717) is 0 Å². The summed E-state index contributed by atoms with van der Waals surface area (Å²) in [5.74, 6) is -3.83. The molecule has 0 aromatic heterocycles. The molecule has 5 N–H and O–H groups in total. The quantitative estimate of drug-likeness (QED) is 0.235. The molecule has 0 bridgehead atoms. The van der Waals surface area contributed by atoms with E-state index < -0.39 is 42.6 Å². The summed E-state index contributed by atoms with van der Waals surface area (Å²) in [5.41, 5.74) is 0. The summed E-state index contributed by atoms with van der Waals surface area (Å²) in [6, 6.07) is -2.48. The number of nitrogens with one attached hydrogen (secondary N) is 2. The van der Waals surface area contributed by atoms with Gasteiger partial charge in [0.1, 0.15) is 6.04 Å². The van der Waals surface area contributed by atoms with Crippen molar-refractivity contribution < 1.29 is 44.0 Å². The normalized spacial score (nSPS) is 12.5. The van der Waals surface area contributed by atoms with E-state index in [2.05, 4.69) is 10.1 Å². The molecule has 0 unspecified atom stereocenters. The number of hydrogen-bond acceptors (Lipinski definition) is 6. The average molecular weight is 320 g/mol. The number of amides is 2. The van der Waals surface area contributed by atoms with E-state index in [1.165, 1.54) is 0 Å². The molecule has 11 nitrogen and oxygen atoms in total. The SMILES string of the molecule is O=CO[C@H](CCC(=O)O)NC(=O)N[C@@H](CCC(=O)O)C(=O)O. The zero-order chi connectivity index (χ0) is 17.1. The monoisotopic (exact) mass is 320 g/mol. The van der Waals surface area contributed by atoms with Gasteiger partial charge in [0, 0.05) is 12.8 Å². The first-order valence-corrected chi connectivity index (χ1v) is 6.08. The van der Waals surface area contributed by atoms with Gasteiger partial charge in [0.05, 0.1) is 6.42 Å². The number of urea groups is 1. The summed E-state index contributed by atoms with van der Waals surface area (Å²) < 4.78 is 4.45. The van der Waals surface area contributed by atoms with Crippen molar-refractivity contribution >= 4 is 30.4 Å². The molecule has 0 aromatic rings. The lowest BCUT2D eigenvalue weighted by Gasteiger charge is -2.19. The van der Waals surface area contributed by atoms with Crippen LogP contribution in [0.25, 0.3) is 0 Å². The molecule has 0 heterocycles. The van der Waals surface area contributed by atoms with Crippen LogP contribution < -0.4 is 10.6 Å². The fraction of sp³-hybridized carbons (Fsp3) is 0.545. The van der Waals surface area contributed by atoms with Crippen molar-refractivity contribution in [1.82, 2.24) is 10.6 Å². The van der Waals surface area contributed by atoms with Crippen molar-refractivity contribution in [2.75, 3.05) is 0 Å². The van der Waals surface area contributed by atoms with Gasteiger partial charge < -0.3 is 30.7 Å². The summed E-state index contributed by atoms with van der Waals surface area (Å²) in [7, 11) is 0. The van der Waals surface area contributed by atoms with E-state index in [4.69, 9.17) is 15.3 Å². The molecule has 0 aromatic carbocycles. The van der Waals surface area contributed by atoms with Crippen LogP contribution in [-0.2, 0) is 23.9 Å². The molecular formula is C11H16N2O9. The molecule has 0 saturated carbocycles.